The number of halogens is 1. The molecule has 9 nitrogen and oxygen atoms in total. The van der Waals surface area contributed by atoms with Gasteiger partial charge in [-0.1, -0.05) is 53.0 Å². The number of carbonyl (C=O) groups excluding carboxylic acids is 1. The molecule has 2 atom stereocenters. The molecule has 1 aliphatic rings. The molecule has 0 aliphatic carbocycles. The minimum absolute atomic E-state index is 0.195. The first-order chi connectivity index (χ1) is 16.6. The zero-order valence-corrected chi connectivity index (χ0v) is 20.1. The quantitative estimate of drug-likeness (QED) is 0.285. The maximum Gasteiger partial charge on any atom is 0.250 e. The van der Waals surface area contributed by atoms with Crippen LogP contribution in [0.1, 0.15) is 16.6 Å². The number of rotatable bonds is 5. The Morgan fingerprint density at radius 2 is 1.91 bits per heavy atom. The van der Waals surface area contributed by atoms with Crippen molar-refractivity contribution in [3.63, 3.8) is 0 Å². The molecule has 1 amide bonds. The Morgan fingerprint density at radius 3 is 2.74 bits per heavy atom. The number of amides is 1. The summed E-state index contributed by atoms with van der Waals surface area (Å²) in [6, 6.07) is 15.1. The third-order valence-electron chi connectivity index (χ3n) is 5.57. The lowest BCUT2D eigenvalue weighted by Crippen LogP contribution is -2.56. The van der Waals surface area contributed by atoms with E-state index in [9.17, 15) is 4.79 Å². The summed E-state index contributed by atoms with van der Waals surface area (Å²) < 4.78 is 5.21. The van der Waals surface area contributed by atoms with E-state index in [-0.39, 0.29) is 18.5 Å². The number of anilines is 1. The summed E-state index contributed by atoms with van der Waals surface area (Å²) in [5, 5.41) is 18.6. The monoisotopic (exact) mass is 509 g/mol. The van der Waals surface area contributed by atoms with Gasteiger partial charge in [0.25, 0.3) is 0 Å². The Kier molecular flexibility index (Phi) is 5.24. The number of fused-ring (bicyclic) bond motifs is 3. The maximum absolute atomic E-state index is 12.5. The van der Waals surface area contributed by atoms with Crippen molar-refractivity contribution in [1.29, 1.82) is 0 Å². The van der Waals surface area contributed by atoms with E-state index >= 15 is 0 Å². The van der Waals surface area contributed by atoms with Gasteiger partial charge in [0.1, 0.15) is 26.5 Å². The highest BCUT2D eigenvalue weighted by Gasteiger charge is 2.49. The third-order valence-corrected chi connectivity index (χ3v) is 7.80. The van der Waals surface area contributed by atoms with Gasteiger partial charge in [-0.3, -0.25) is 9.69 Å². The van der Waals surface area contributed by atoms with Gasteiger partial charge in [-0.25, -0.2) is 4.99 Å². The van der Waals surface area contributed by atoms with E-state index in [2.05, 4.69) is 30.4 Å². The van der Waals surface area contributed by atoms with Crippen LogP contribution in [0.25, 0.3) is 21.3 Å². The second-order valence-electron chi connectivity index (χ2n) is 7.56. The van der Waals surface area contributed by atoms with Gasteiger partial charge in [-0.2, -0.15) is 0 Å². The molecule has 3 aromatic heterocycles. The second kappa shape index (κ2) is 8.42. The molecule has 5 aromatic rings. The van der Waals surface area contributed by atoms with Gasteiger partial charge in [-0.05, 0) is 23.8 Å². The Hall–Kier alpha value is -3.41. The second-order valence-corrected chi connectivity index (χ2v) is 10.0. The van der Waals surface area contributed by atoms with Gasteiger partial charge >= 0.3 is 0 Å². The Bertz CT molecular complexity index is 1590. The molecule has 2 aromatic carbocycles. The molecule has 34 heavy (non-hydrogen) atoms. The van der Waals surface area contributed by atoms with E-state index in [1.54, 1.807) is 12.0 Å². The Morgan fingerprint density at radius 1 is 1.09 bits per heavy atom. The van der Waals surface area contributed by atoms with Crippen molar-refractivity contribution in [2.75, 3.05) is 12.0 Å². The topological polar surface area (TPSA) is 109 Å². The number of nitrogens with one attached hydrogen (secondary N) is 1. The van der Waals surface area contributed by atoms with Crippen molar-refractivity contribution in [2.24, 2.45) is 4.99 Å². The number of benzene rings is 2. The van der Waals surface area contributed by atoms with Crippen molar-refractivity contribution in [2.45, 2.75) is 18.0 Å². The third kappa shape index (κ3) is 3.52. The first-order valence-corrected chi connectivity index (χ1v) is 12.4. The highest BCUT2D eigenvalue weighted by atomic mass is 35.5. The molecule has 170 valence electrons. The normalized spacial score (nSPS) is 18.6. The number of ether oxygens (including phenoxy) is 1. The summed E-state index contributed by atoms with van der Waals surface area (Å²) in [6.45, 7) is 0.286. The number of hydrogen-bond acceptors (Lipinski definition) is 9. The van der Waals surface area contributed by atoms with Gasteiger partial charge in [0.2, 0.25) is 15.8 Å². The Labute approximate surface area is 205 Å². The van der Waals surface area contributed by atoms with Gasteiger partial charge in [0, 0.05) is 10.9 Å². The number of aromatic nitrogens is 5. The number of β-lactam (4-membered cyclic amide) rings is 1. The molecule has 6 rings (SSSR count). The molecular weight excluding hydrogens is 494 g/mol. The Balaban J connectivity index is 1.24. The van der Waals surface area contributed by atoms with Crippen LogP contribution in [0.5, 0.6) is 5.75 Å². The summed E-state index contributed by atoms with van der Waals surface area (Å²) >= 11 is 9.08. The van der Waals surface area contributed by atoms with Crippen LogP contribution in [-0.2, 0) is 11.3 Å². The van der Waals surface area contributed by atoms with E-state index in [0.717, 1.165) is 32.6 Å². The highest BCUT2D eigenvalue weighted by molar-refractivity contribution is 7.16. The molecule has 0 radical (unpaired) electrons. The predicted octanol–water partition coefficient (Wildman–Crippen LogP) is 3.83. The summed E-state index contributed by atoms with van der Waals surface area (Å²) in [5.41, 5.74) is 2.75. The van der Waals surface area contributed by atoms with Crippen molar-refractivity contribution < 1.29 is 9.53 Å². The van der Waals surface area contributed by atoms with Crippen LogP contribution in [0.15, 0.2) is 53.5 Å². The lowest BCUT2D eigenvalue weighted by Gasteiger charge is -2.42. The molecule has 0 saturated carbocycles. The highest BCUT2D eigenvalue weighted by Crippen LogP contribution is 2.43. The van der Waals surface area contributed by atoms with Crippen LogP contribution in [0, 0.1) is 0 Å². The predicted molar refractivity (Wildman–Crippen MR) is 131 cm³/mol. The van der Waals surface area contributed by atoms with Gasteiger partial charge < -0.3 is 9.72 Å². The van der Waals surface area contributed by atoms with Crippen molar-refractivity contribution >= 4 is 66.6 Å². The summed E-state index contributed by atoms with van der Waals surface area (Å²) in [7, 11) is 1.61. The first-order valence-electron chi connectivity index (χ1n) is 10.3. The molecule has 4 heterocycles. The first kappa shape index (κ1) is 21.1. The van der Waals surface area contributed by atoms with Crippen LogP contribution in [0.4, 0.5) is 5.13 Å². The zero-order chi connectivity index (χ0) is 23.2. The largest absolute Gasteiger partial charge is 0.497 e. The van der Waals surface area contributed by atoms with E-state index in [4.69, 9.17) is 16.3 Å². The number of alkyl halides is 1. The van der Waals surface area contributed by atoms with Crippen LogP contribution in [0.3, 0.4) is 0 Å². The minimum atomic E-state index is -0.648. The lowest BCUT2D eigenvalue weighted by atomic mass is 9.94. The summed E-state index contributed by atoms with van der Waals surface area (Å²) in [5.74, 6) is 0.543. The van der Waals surface area contributed by atoms with E-state index < -0.39 is 5.38 Å². The molecule has 1 aliphatic heterocycles. The SMILES string of the molecule is COc1ccc(C2C(Cl)C(=O)N2c2nnc(CN=c3nnc4c([nH]c5ccccc54)s3)s2)cc1. The fourth-order valence-electron chi connectivity index (χ4n) is 3.87. The molecule has 1 fully saturated rings. The van der Waals surface area contributed by atoms with Crippen LogP contribution >= 0.6 is 34.3 Å². The van der Waals surface area contributed by atoms with Crippen LogP contribution in [0.2, 0.25) is 0 Å². The molecule has 2 unspecified atom stereocenters. The molecule has 1 saturated heterocycles. The number of hydrogen-bond donors (Lipinski definition) is 1. The zero-order valence-electron chi connectivity index (χ0n) is 17.7. The average Bonchev–Trinajstić information content (AvgIpc) is 3.49. The number of H-pyrrole nitrogens is 1. The molecule has 0 spiro atoms. The molecule has 12 heteroatoms. The molecular formula is C22H16ClN7O2S2. The number of carbonyl (C=O) groups is 1. The van der Waals surface area contributed by atoms with Crippen LogP contribution < -0.4 is 14.4 Å². The lowest BCUT2D eigenvalue weighted by molar-refractivity contribution is -0.123. The van der Waals surface area contributed by atoms with Crippen LogP contribution in [-0.4, -0.2) is 43.8 Å². The average molecular weight is 510 g/mol. The van der Waals surface area contributed by atoms with Crippen molar-refractivity contribution in [1.82, 2.24) is 25.4 Å². The number of nitrogens with zero attached hydrogens (tertiary/aromatic N) is 6. The van der Waals surface area contributed by atoms with Gasteiger partial charge in [-0.15, -0.1) is 32.0 Å². The molecule has 1 N–H and O–H groups in total. The van der Waals surface area contributed by atoms with E-state index in [1.165, 1.54) is 22.7 Å². The minimum Gasteiger partial charge on any atom is -0.497 e. The maximum atomic E-state index is 12.5. The fraction of sp³-hybridized carbons (Fsp3) is 0.182. The fourth-order valence-corrected chi connectivity index (χ4v) is 5.84. The summed E-state index contributed by atoms with van der Waals surface area (Å²) in [4.78, 5) is 23.4. The van der Waals surface area contributed by atoms with Gasteiger partial charge in [0.05, 0.1) is 19.7 Å². The van der Waals surface area contributed by atoms with E-state index in [1.807, 2.05) is 48.5 Å². The number of methoxy groups -OCH3 is 1. The number of para-hydroxylation sites is 1. The standard InChI is InChI=1S/C22H16ClN7O2S2/c1-32-12-8-6-11(7-9-12)18-16(23)20(31)30(18)22-29-26-15(33-22)10-24-21-28-27-17-13-4-2-3-5-14(13)25-19(17)34-21/h2-9,16,18,25H,10H2,1H3. The molecule has 0 bridgehead atoms. The van der Waals surface area contributed by atoms with Crippen molar-refractivity contribution in [3.05, 3.63) is 63.9 Å². The smallest absolute Gasteiger partial charge is 0.250 e. The number of aromatic amines is 1. The van der Waals surface area contributed by atoms with Gasteiger partial charge in [0.15, 0.2) is 0 Å². The van der Waals surface area contributed by atoms with Crippen molar-refractivity contribution in [3.8, 4) is 5.75 Å². The van der Waals surface area contributed by atoms with E-state index in [0.29, 0.717) is 14.9 Å². The summed E-state index contributed by atoms with van der Waals surface area (Å²) in [6.07, 6.45) is 0.